The fourth-order valence-corrected chi connectivity index (χ4v) is 5.04. The molecule has 0 spiro atoms. The third kappa shape index (κ3) is 7.28. The zero-order valence-corrected chi connectivity index (χ0v) is 22.9. The molecule has 2 aliphatic heterocycles. The van der Waals surface area contributed by atoms with E-state index >= 15 is 0 Å². The van der Waals surface area contributed by atoms with E-state index in [-0.39, 0.29) is 5.91 Å². The van der Waals surface area contributed by atoms with Crippen LogP contribution in [0, 0.1) is 0 Å². The quantitative estimate of drug-likeness (QED) is 0.251. The summed E-state index contributed by atoms with van der Waals surface area (Å²) in [6.07, 6.45) is 5.89. The van der Waals surface area contributed by atoms with Crippen LogP contribution in [0.25, 0.3) is 10.9 Å². The predicted octanol–water partition coefficient (Wildman–Crippen LogP) is 4.49. The van der Waals surface area contributed by atoms with Crippen molar-refractivity contribution in [3.8, 4) is 5.75 Å². The number of piperidine rings is 1. The third-order valence-electron chi connectivity index (χ3n) is 6.64. The Labute approximate surface area is 231 Å². The number of amides is 1. The van der Waals surface area contributed by atoms with Gasteiger partial charge in [-0.15, -0.1) is 0 Å². The minimum absolute atomic E-state index is 0.155. The summed E-state index contributed by atoms with van der Waals surface area (Å²) in [5.41, 5.74) is 3.38. The molecule has 0 bridgehead atoms. The van der Waals surface area contributed by atoms with Crippen molar-refractivity contribution in [3.63, 3.8) is 0 Å². The molecule has 3 heterocycles. The van der Waals surface area contributed by atoms with Gasteiger partial charge in [0, 0.05) is 47.3 Å². The predicted molar refractivity (Wildman–Crippen MR) is 153 cm³/mol. The maximum Gasteiger partial charge on any atom is 0.248 e. The molecule has 0 aliphatic carbocycles. The molecule has 0 atom stereocenters. The number of rotatable bonds is 9. The molecular formula is C28H33BrN6O3. The first-order valence-electron chi connectivity index (χ1n) is 13.1. The second-order valence-electron chi connectivity index (χ2n) is 9.42. The highest BCUT2D eigenvalue weighted by Crippen LogP contribution is 2.34. The fraction of sp³-hybridized carbons (Fsp3) is 0.393. The first kappa shape index (κ1) is 26.6. The molecule has 0 radical (unpaired) electrons. The maximum atomic E-state index is 13.0. The van der Waals surface area contributed by atoms with Crippen LogP contribution in [0.1, 0.15) is 19.3 Å². The number of carbonyl (C=O) groups is 1. The molecule has 3 N–H and O–H groups in total. The van der Waals surface area contributed by atoms with Gasteiger partial charge in [0.15, 0.2) is 0 Å². The van der Waals surface area contributed by atoms with Gasteiger partial charge < -0.3 is 25.4 Å². The second kappa shape index (κ2) is 13.1. The van der Waals surface area contributed by atoms with Crippen molar-refractivity contribution >= 4 is 49.9 Å². The molecule has 2 fully saturated rings. The zero-order chi connectivity index (χ0) is 26.2. The number of anilines is 3. The van der Waals surface area contributed by atoms with Crippen LogP contribution in [0.15, 0.2) is 58.8 Å². The molecule has 1 aromatic heterocycles. The SMILES string of the molecule is O=C(C=C1CCNCC1)Nc1cc2c(Nc3cccc(Br)c3)ncnc2cc1OCCCN1CCOCC1. The van der Waals surface area contributed by atoms with Gasteiger partial charge in [-0.3, -0.25) is 9.69 Å². The summed E-state index contributed by atoms with van der Waals surface area (Å²) in [7, 11) is 0. The summed E-state index contributed by atoms with van der Waals surface area (Å²) >= 11 is 3.51. The minimum atomic E-state index is -0.155. The minimum Gasteiger partial charge on any atom is -0.491 e. The van der Waals surface area contributed by atoms with Gasteiger partial charge in [-0.25, -0.2) is 9.97 Å². The summed E-state index contributed by atoms with van der Waals surface area (Å²) in [4.78, 5) is 24.3. The topological polar surface area (TPSA) is 101 Å². The Bertz CT molecular complexity index is 1290. The lowest BCUT2D eigenvalue weighted by Gasteiger charge is -2.26. The standard InChI is InChI=1S/C28H33BrN6O3/c29-21-3-1-4-22(16-21)33-28-23-17-25(34-27(36)15-20-5-7-30-8-6-20)26(18-24(23)31-19-32-28)38-12-2-9-35-10-13-37-14-11-35/h1,3-4,15-19,30H,2,5-14H2,(H,34,36)(H,31,32,33). The van der Waals surface area contributed by atoms with E-state index in [1.807, 2.05) is 36.4 Å². The summed E-state index contributed by atoms with van der Waals surface area (Å²) in [6, 6.07) is 11.7. The molecule has 10 heteroatoms. The molecule has 200 valence electrons. The molecule has 0 saturated carbocycles. The van der Waals surface area contributed by atoms with Crippen LogP contribution < -0.4 is 20.7 Å². The van der Waals surface area contributed by atoms with E-state index in [9.17, 15) is 4.79 Å². The molecule has 2 aliphatic rings. The number of hydrogen-bond acceptors (Lipinski definition) is 8. The van der Waals surface area contributed by atoms with E-state index in [1.165, 1.54) is 6.33 Å². The van der Waals surface area contributed by atoms with Crippen LogP contribution in [0.3, 0.4) is 0 Å². The van der Waals surface area contributed by atoms with Gasteiger partial charge >= 0.3 is 0 Å². The van der Waals surface area contributed by atoms with Crippen LogP contribution in [0.4, 0.5) is 17.2 Å². The van der Waals surface area contributed by atoms with E-state index in [2.05, 4.69) is 46.7 Å². The number of aromatic nitrogens is 2. The fourth-order valence-electron chi connectivity index (χ4n) is 4.65. The van der Waals surface area contributed by atoms with Crippen LogP contribution in [0.2, 0.25) is 0 Å². The van der Waals surface area contributed by atoms with Gasteiger partial charge in [0.25, 0.3) is 0 Å². The number of ether oxygens (including phenoxy) is 2. The number of nitrogens with one attached hydrogen (secondary N) is 3. The number of benzene rings is 2. The van der Waals surface area contributed by atoms with E-state index in [4.69, 9.17) is 9.47 Å². The van der Waals surface area contributed by atoms with Gasteiger partial charge in [0.2, 0.25) is 5.91 Å². The third-order valence-corrected chi connectivity index (χ3v) is 7.14. The molecule has 9 nitrogen and oxygen atoms in total. The number of fused-ring (bicyclic) bond motifs is 1. The maximum absolute atomic E-state index is 13.0. The molecule has 0 unspecified atom stereocenters. The Morgan fingerprint density at radius 3 is 2.82 bits per heavy atom. The average Bonchev–Trinajstić information content (AvgIpc) is 2.93. The van der Waals surface area contributed by atoms with Crippen molar-refractivity contribution in [2.24, 2.45) is 0 Å². The Balaban J connectivity index is 1.38. The van der Waals surface area contributed by atoms with E-state index in [0.29, 0.717) is 23.9 Å². The molecule has 38 heavy (non-hydrogen) atoms. The lowest BCUT2D eigenvalue weighted by molar-refractivity contribution is -0.112. The van der Waals surface area contributed by atoms with Crippen molar-refractivity contribution in [3.05, 3.63) is 58.8 Å². The van der Waals surface area contributed by atoms with Crippen LogP contribution in [-0.4, -0.2) is 73.3 Å². The highest BCUT2D eigenvalue weighted by atomic mass is 79.9. The van der Waals surface area contributed by atoms with Crippen LogP contribution in [-0.2, 0) is 9.53 Å². The Kier molecular flexibility index (Phi) is 9.19. The normalized spacial score (nSPS) is 16.3. The monoisotopic (exact) mass is 580 g/mol. The van der Waals surface area contributed by atoms with Crippen molar-refractivity contribution in [1.82, 2.24) is 20.2 Å². The summed E-state index contributed by atoms with van der Waals surface area (Å²) in [6.45, 7) is 6.74. The van der Waals surface area contributed by atoms with Gasteiger partial charge in [0.05, 0.1) is 31.0 Å². The Morgan fingerprint density at radius 2 is 2.00 bits per heavy atom. The molecule has 1 amide bonds. The van der Waals surface area contributed by atoms with Gasteiger partial charge in [0.1, 0.15) is 17.9 Å². The first-order valence-corrected chi connectivity index (χ1v) is 13.9. The largest absolute Gasteiger partial charge is 0.491 e. The smallest absolute Gasteiger partial charge is 0.248 e. The number of nitrogens with zero attached hydrogens (tertiary/aromatic N) is 3. The van der Waals surface area contributed by atoms with Crippen LogP contribution in [0.5, 0.6) is 5.75 Å². The van der Waals surface area contributed by atoms with E-state index in [1.54, 1.807) is 6.08 Å². The van der Waals surface area contributed by atoms with Crippen molar-refractivity contribution in [2.45, 2.75) is 19.3 Å². The first-order chi connectivity index (χ1) is 18.6. The van der Waals surface area contributed by atoms with Gasteiger partial charge in [-0.05, 0) is 56.6 Å². The number of halogens is 1. The molecular weight excluding hydrogens is 548 g/mol. The molecule has 3 aromatic rings. The molecule has 2 aromatic carbocycles. The summed E-state index contributed by atoms with van der Waals surface area (Å²) < 4.78 is 12.6. The number of carbonyl (C=O) groups excluding carboxylic acids is 1. The number of morpholine rings is 1. The molecule has 2 saturated heterocycles. The Hall–Kier alpha value is -3.05. The second-order valence-corrected chi connectivity index (χ2v) is 10.3. The zero-order valence-electron chi connectivity index (χ0n) is 21.3. The van der Waals surface area contributed by atoms with Gasteiger partial charge in [-0.1, -0.05) is 27.6 Å². The van der Waals surface area contributed by atoms with E-state index in [0.717, 1.165) is 91.8 Å². The highest BCUT2D eigenvalue weighted by molar-refractivity contribution is 9.10. The molecule has 5 rings (SSSR count). The van der Waals surface area contributed by atoms with Gasteiger partial charge in [-0.2, -0.15) is 0 Å². The van der Waals surface area contributed by atoms with Crippen molar-refractivity contribution < 1.29 is 14.3 Å². The Morgan fingerprint density at radius 1 is 1.16 bits per heavy atom. The van der Waals surface area contributed by atoms with Crippen molar-refractivity contribution in [1.29, 1.82) is 0 Å². The number of hydrogen-bond donors (Lipinski definition) is 3. The van der Waals surface area contributed by atoms with Crippen LogP contribution >= 0.6 is 15.9 Å². The lowest BCUT2D eigenvalue weighted by atomic mass is 10.1. The lowest BCUT2D eigenvalue weighted by Crippen LogP contribution is -2.37. The van der Waals surface area contributed by atoms with E-state index < -0.39 is 0 Å². The summed E-state index contributed by atoms with van der Waals surface area (Å²) in [5, 5.41) is 10.5. The highest BCUT2D eigenvalue weighted by Gasteiger charge is 2.15. The summed E-state index contributed by atoms with van der Waals surface area (Å²) in [5.74, 6) is 1.10. The average molecular weight is 582 g/mol. The van der Waals surface area contributed by atoms with Crippen molar-refractivity contribution in [2.75, 3.05) is 63.2 Å².